The van der Waals surface area contributed by atoms with Crippen molar-refractivity contribution in [3.63, 3.8) is 0 Å². The number of hydrogen-bond acceptors (Lipinski definition) is 4. The largest absolute Gasteiger partial charge is 0.490 e. The monoisotopic (exact) mass is 382 g/mol. The normalized spacial score (nSPS) is 15.9. The number of anilines is 1. The van der Waals surface area contributed by atoms with E-state index in [0.717, 1.165) is 25.0 Å². The van der Waals surface area contributed by atoms with Crippen molar-refractivity contribution in [1.82, 2.24) is 4.90 Å². The van der Waals surface area contributed by atoms with Crippen molar-refractivity contribution in [3.05, 3.63) is 59.7 Å². The van der Waals surface area contributed by atoms with Crippen LogP contribution in [0, 0.1) is 6.92 Å². The molecule has 1 heterocycles. The average molecular weight is 382 g/mol. The number of benzene rings is 2. The molecular formula is C22H26N2O4. The van der Waals surface area contributed by atoms with Crippen LogP contribution >= 0.6 is 0 Å². The van der Waals surface area contributed by atoms with E-state index in [1.165, 1.54) is 4.90 Å². The van der Waals surface area contributed by atoms with E-state index < -0.39 is 0 Å². The van der Waals surface area contributed by atoms with Crippen molar-refractivity contribution in [2.75, 3.05) is 32.1 Å². The smallest absolute Gasteiger partial charge is 0.257 e. The summed E-state index contributed by atoms with van der Waals surface area (Å²) in [5.41, 5.74) is 2.26. The van der Waals surface area contributed by atoms with Gasteiger partial charge in [-0.05, 0) is 44.0 Å². The number of nitrogens with one attached hydrogen (secondary N) is 1. The van der Waals surface area contributed by atoms with Gasteiger partial charge >= 0.3 is 0 Å². The Morgan fingerprint density at radius 2 is 1.93 bits per heavy atom. The number of carbonyl (C=O) groups excluding carboxylic acids is 2. The van der Waals surface area contributed by atoms with Crippen molar-refractivity contribution in [2.24, 2.45) is 0 Å². The Balaban J connectivity index is 1.59. The number of amides is 2. The van der Waals surface area contributed by atoms with Crippen LogP contribution in [0.1, 0.15) is 28.8 Å². The summed E-state index contributed by atoms with van der Waals surface area (Å²) in [6.07, 6.45) is 2.07. The maximum absolute atomic E-state index is 12.8. The van der Waals surface area contributed by atoms with Gasteiger partial charge in [-0.25, -0.2) is 0 Å². The lowest BCUT2D eigenvalue weighted by Crippen LogP contribution is -2.35. The van der Waals surface area contributed by atoms with Gasteiger partial charge < -0.3 is 19.7 Å². The van der Waals surface area contributed by atoms with Gasteiger partial charge in [-0.2, -0.15) is 0 Å². The van der Waals surface area contributed by atoms with Gasteiger partial charge in [0.05, 0.1) is 18.2 Å². The predicted molar refractivity (Wildman–Crippen MR) is 108 cm³/mol. The first kappa shape index (κ1) is 19.9. The zero-order valence-electron chi connectivity index (χ0n) is 16.3. The molecule has 3 rings (SSSR count). The minimum absolute atomic E-state index is 0.0488. The summed E-state index contributed by atoms with van der Waals surface area (Å²) >= 11 is 0. The number of rotatable bonds is 7. The van der Waals surface area contributed by atoms with Crippen molar-refractivity contribution in [1.29, 1.82) is 0 Å². The first-order valence-electron chi connectivity index (χ1n) is 9.48. The second kappa shape index (κ2) is 9.37. The van der Waals surface area contributed by atoms with Gasteiger partial charge in [0.15, 0.2) is 0 Å². The molecule has 1 aliphatic rings. The third-order valence-corrected chi connectivity index (χ3v) is 4.63. The zero-order chi connectivity index (χ0) is 19.9. The SMILES string of the molecule is Cc1ccc(NC(=O)CN(C)C(=O)c2ccccc2OCC2CCCO2)cc1. The third-order valence-electron chi connectivity index (χ3n) is 4.63. The Morgan fingerprint density at radius 1 is 1.18 bits per heavy atom. The molecule has 1 saturated heterocycles. The maximum atomic E-state index is 12.8. The summed E-state index contributed by atoms with van der Waals surface area (Å²) in [7, 11) is 1.61. The van der Waals surface area contributed by atoms with E-state index in [-0.39, 0.29) is 24.5 Å². The van der Waals surface area contributed by atoms with Crippen LogP contribution in [-0.4, -0.2) is 49.6 Å². The van der Waals surface area contributed by atoms with Crippen LogP contribution in [0.2, 0.25) is 0 Å². The van der Waals surface area contributed by atoms with Crippen LogP contribution in [0.5, 0.6) is 5.75 Å². The van der Waals surface area contributed by atoms with Crippen LogP contribution in [0.15, 0.2) is 48.5 Å². The molecule has 6 heteroatoms. The van der Waals surface area contributed by atoms with E-state index in [1.54, 1.807) is 25.2 Å². The first-order chi connectivity index (χ1) is 13.5. The molecule has 0 radical (unpaired) electrons. The summed E-state index contributed by atoms with van der Waals surface area (Å²) in [5.74, 6) is -0.00625. The van der Waals surface area contributed by atoms with E-state index in [2.05, 4.69) is 5.32 Å². The number of carbonyl (C=O) groups is 2. The molecule has 0 spiro atoms. The second-order valence-electron chi connectivity index (χ2n) is 7.02. The van der Waals surface area contributed by atoms with Crippen LogP contribution in [0.25, 0.3) is 0 Å². The highest BCUT2D eigenvalue weighted by atomic mass is 16.5. The van der Waals surface area contributed by atoms with Crippen molar-refractivity contribution < 1.29 is 19.1 Å². The first-order valence-corrected chi connectivity index (χ1v) is 9.48. The fourth-order valence-electron chi connectivity index (χ4n) is 3.06. The summed E-state index contributed by atoms with van der Waals surface area (Å²) in [6.45, 7) is 3.11. The number of nitrogens with zero attached hydrogens (tertiary/aromatic N) is 1. The summed E-state index contributed by atoms with van der Waals surface area (Å²) in [5, 5.41) is 2.80. The van der Waals surface area contributed by atoms with Gasteiger partial charge in [0.1, 0.15) is 12.4 Å². The van der Waals surface area contributed by atoms with Gasteiger partial charge in [-0.1, -0.05) is 29.8 Å². The molecule has 1 fully saturated rings. The molecule has 1 atom stereocenters. The standard InChI is InChI=1S/C22H26N2O4/c1-16-9-11-17(12-10-16)23-21(25)14-24(2)22(26)19-7-3-4-8-20(19)28-15-18-6-5-13-27-18/h3-4,7-12,18H,5-6,13-15H2,1-2H3,(H,23,25). The minimum Gasteiger partial charge on any atom is -0.490 e. The zero-order valence-corrected chi connectivity index (χ0v) is 16.3. The molecule has 1 aliphatic heterocycles. The van der Waals surface area contributed by atoms with Crippen molar-refractivity contribution in [3.8, 4) is 5.75 Å². The van der Waals surface area contributed by atoms with Crippen LogP contribution in [0.3, 0.4) is 0 Å². The predicted octanol–water partition coefficient (Wildman–Crippen LogP) is 3.26. The Morgan fingerprint density at radius 3 is 2.64 bits per heavy atom. The van der Waals surface area contributed by atoms with Gasteiger partial charge in [0.25, 0.3) is 5.91 Å². The summed E-state index contributed by atoms with van der Waals surface area (Å²) in [6, 6.07) is 14.6. The molecule has 1 N–H and O–H groups in total. The van der Waals surface area contributed by atoms with E-state index in [0.29, 0.717) is 23.6 Å². The molecule has 6 nitrogen and oxygen atoms in total. The highest BCUT2D eigenvalue weighted by Gasteiger charge is 2.21. The number of likely N-dealkylation sites (N-methyl/N-ethyl adjacent to an activating group) is 1. The molecule has 2 aromatic rings. The Kier molecular flexibility index (Phi) is 6.66. The summed E-state index contributed by atoms with van der Waals surface area (Å²) in [4.78, 5) is 26.5. The lowest BCUT2D eigenvalue weighted by molar-refractivity contribution is -0.116. The molecule has 0 aliphatic carbocycles. The molecule has 1 unspecified atom stereocenters. The highest BCUT2D eigenvalue weighted by Crippen LogP contribution is 2.21. The average Bonchev–Trinajstić information content (AvgIpc) is 3.21. The third kappa shape index (κ3) is 5.33. The van der Waals surface area contributed by atoms with Gasteiger partial charge in [-0.3, -0.25) is 9.59 Å². The molecule has 0 saturated carbocycles. The highest BCUT2D eigenvalue weighted by molar-refractivity contribution is 6.00. The minimum atomic E-state index is -0.262. The maximum Gasteiger partial charge on any atom is 0.257 e. The van der Waals surface area contributed by atoms with E-state index in [9.17, 15) is 9.59 Å². The molecule has 0 aromatic heterocycles. The molecule has 2 aromatic carbocycles. The Labute approximate surface area is 165 Å². The van der Waals surface area contributed by atoms with E-state index >= 15 is 0 Å². The van der Waals surface area contributed by atoms with Crippen LogP contribution in [-0.2, 0) is 9.53 Å². The molecule has 148 valence electrons. The topological polar surface area (TPSA) is 67.9 Å². The van der Waals surface area contributed by atoms with Crippen molar-refractivity contribution >= 4 is 17.5 Å². The molecule has 0 bridgehead atoms. The Bertz CT molecular complexity index is 814. The van der Waals surface area contributed by atoms with Gasteiger partial charge in [0, 0.05) is 19.3 Å². The van der Waals surface area contributed by atoms with Gasteiger partial charge in [-0.15, -0.1) is 0 Å². The number of ether oxygens (including phenoxy) is 2. The quantitative estimate of drug-likeness (QED) is 0.798. The Hall–Kier alpha value is -2.86. The lowest BCUT2D eigenvalue weighted by atomic mass is 10.1. The molecule has 28 heavy (non-hydrogen) atoms. The van der Waals surface area contributed by atoms with E-state index in [1.807, 2.05) is 37.3 Å². The number of para-hydroxylation sites is 1. The van der Waals surface area contributed by atoms with Crippen LogP contribution in [0.4, 0.5) is 5.69 Å². The molecule has 2 amide bonds. The summed E-state index contributed by atoms with van der Waals surface area (Å²) < 4.78 is 11.4. The fourth-order valence-corrected chi connectivity index (χ4v) is 3.06. The molecular weight excluding hydrogens is 356 g/mol. The fraction of sp³-hybridized carbons (Fsp3) is 0.364. The van der Waals surface area contributed by atoms with Crippen LogP contribution < -0.4 is 10.1 Å². The number of hydrogen-bond donors (Lipinski definition) is 1. The van der Waals surface area contributed by atoms with Gasteiger partial charge in [0.2, 0.25) is 5.91 Å². The van der Waals surface area contributed by atoms with Crippen molar-refractivity contribution in [2.45, 2.75) is 25.9 Å². The van der Waals surface area contributed by atoms with E-state index in [4.69, 9.17) is 9.47 Å². The number of aryl methyl sites for hydroxylation is 1. The lowest BCUT2D eigenvalue weighted by Gasteiger charge is -2.19. The second-order valence-corrected chi connectivity index (χ2v) is 7.02.